The lowest BCUT2D eigenvalue weighted by Crippen LogP contribution is -2.40. The zero-order valence-corrected chi connectivity index (χ0v) is 11.2. The Morgan fingerprint density at radius 2 is 1.79 bits per heavy atom. The lowest BCUT2D eigenvalue weighted by Gasteiger charge is -2.31. The van der Waals surface area contributed by atoms with Gasteiger partial charge in [0.1, 0.15) is 0 Å². The minimum Gasteiger partial charge on any atom is -0.413 e. The third-order valence-corrected chi connectivity index (χ3v) is 8.40. The SMILES string of the molecule is CC[Si](CC)(CC)O[C@@H]1CCN(C)C1. The van der Waals surface area contributed by atoms with Crippen molar-refractivity contribution in [2.24, 2.45) is 0 Å². The van der Waals surface area contributed by atoms with Crippen molar-refractivity contribution in [2.45, 2.75) is 51.4 Å². The Morgan fingerprint density at radius 1 is 1.21 bits per heavy atom. The summed E-state index contributed by atoms with van der Waals surface area (Å²) in [5, 5.41) is 0. The number of likely N-dealkylation sites (tertiary alicyclic amines) is 1. The molecule has 0 saturated carbocycles. The lowest BCUT2D eigenvalue weighted by molar-refractivity contribution is 0.193. The van der Waals surface area contributed by atoms with Gasteiger partial charge in [0.2, 0.25) is 0 Å². The molecular formula is C11H25NOSi. The summed E-state index contributed by atoms with van der Waals surface area (Å²) in [6, 6.07) is 3.83. The summed E-state index contributed by atoms with van der Waals surface area (Å²) in [5.41, 5.74) is 0. The van der Waals surface area contributed by atoms with Crippen molar-refractivity contribution in [3.63, 3.8) is 0 Å². The number of hydrogen-bond donors (Lipinski definition) is 0. The number of hydrogen-bond acceptors (Lipinski definition) is 2. The summed E-state index contributed by atoms with van der Waals surface area (Å²) in [4.78, 5) is 2.38. The van der Waals surface area contributed by atoms with E-state index in [0.29, 0.717) is 6.10 Å². The fourth-order valence-electron chi connectivity index (χ4n) is 2.34. The first-order chi connectivity index (χ1) is 6.65. The maximum absolute atomic E-state index is 6.41. The van der Waals surface area contributed by atoms with Crippen LogP contribution in [0.5, 0.6) is 0 Å². The second kappa shape index (κ2) is 5.28. The van der Waals surface area contributed by atoms with Crippen molar-refractivity contribution in [1.82, 2.24) is 4.90 Å². The molecule has 1 aliphatic rings. The topological polar surface area (TPSA) is 12.5 Å². The van der Waals surface area contributed by atoms with Gasteiger partial charge in [-0.25, -0.2) is 0 Å². The number of likely N-dealkylation sites (N-methyl/N-ethyl adjacent to an activating group) is 1. The molecule has 1 aliphatic heterocycles. The maximum Gasteiger partial charge on any atom is 0.192 e. The Labute approximate surface area is 89.8 Å². The van der Waals surface area contributed by atoms with Crippen molar-refractivity contribution in [2.75, 3.05) is 20.1 Å². The van der Waals surface area contributed by atoms with Gasteiger partial charge in [0, 0.05) is 13.1 Å². The monoisotopic (exact) mass is 215 g/mol. The van der Waals surface area contributed by atoms with Crippen molar-refractivity contribution < 1.29 is 4.43 Å². The molecule has 0 aliphatic carbocycles. The van der Waals surface area contributed by atoms with Crippen molar-refractivity contribution in [1.29, 1.82) is 0 Å². The minimum atomic E-state index is -1.34. The molecule has 14 heavy (non-hydrogen) atoms. The molecule has 0 radical (unpaired) electrons. The van der Waals surface area contributed by atoms with Crippen LogP contribution in [0.25, 0.3) is 0 Å². The summed E-state index contributed by atoms with van der Waals surface area (Å²) >= 11 is 0. The number of rotatable bonds is 5. The Morgan fingerprint density at radius 3 is 2.14 bits per heavy atom. The molecule has 1 heterocycles. The second-order valence-electron chi connectivity index (χ2n) is 4.53. The van der Waals surface area contributed by atoms with E-state index < -0.39 is 8.32 Å². The quantitative estimate of drug-likeness (QED) is 0.654. The highest BCUT2D eigenvalue weighted by Gasteiger charge is 2.33. The van der Waals surface area contributed by atoms with Gasteiger partial charge >= 0.3 is 0 Å². The fourth-order valence-corrected chi connectivity index (χ4v) is 5.24. The van der Waals surface area contributed by atoms with E-state index in [2.05, 4.69) is 32.7 Å². The van der Waals surface area contributed by atoms with Crippen LogP contribution in [0.1, 0.15) is 27.2 Å². The van der Waals surface area contributed by atoms with Gasteiger partial charge in [-0.1, -0.05) is 20.8 Å². The highest BCUT2D eigenvalue weighted by atomic mass is 28.4. The summed E-state index contributed by atoms with van der Waals surface area (Å²) < 4.78 is 6.41. The van der Waals surface area contributed by atoms with Crippen LogP contribution in [0.4, 0.5) is 0 Å². The lowest BCUT2D eigenvalue weighted by atomic mass is 10.3. The molecule has 0 bridgehead atoms. The zero-order valence-electron chi connectivity index (χ0n) is 10.2. The van der Waals surface area contributed by atoms with Crippen molar-refractivity contribution in [3.8, 4) is 0 Å². The molecule has 0 amide bonds. The first-order valence-corrected chi connectivity index (χ1v) is 8.55. The maximum atomic E-state index is 6.41. The zero-order chi connectivity index (χ0) is 10.6. The van der Waals surface area contributed by atoms with Crippen LogP contribution in [-0.4, -0.2) is 39.5 Å². The molecule has 1 rings (SSSR count). The summed E-state index contributed by atoms with van der Waals surface area (Å²) in [6.07, 6.45) is 1.78. The van der Waals surface area contributed by atoms with E-state index >= 15 is 0 Å². The second-order valence-corrected chi connectivity index (χ2v) is 9.26. The molecule has 0 spiro atoms. The van der Waals surface area contributed by atoms with Crippen LogP contribution in [-0.2, 0) is 4.43 Å². The molecule has 0 aromatic carbocycles. The predicted octanol–water partition coefficient (Wildman–Crippen LogP) is 2.71. The van der Waals surface area contributed by atoms with Gasteiger partial charge in [-0.2, -0.15) is 0 Å². The third-order valence-electron chi connectivity index (χ3n) is 3.70. The van der Waals surface area contributed by atoms with E-state index in [1.165, 1.54) is 31.1 Å². The van der Waals surface area contributed by atoms with Crippen LogP contribution >= 0.6 is 0 Å². The fraction of sp³-hybridized carbons (Fsp3) is 1.00. The molecule has 1 saturated heterocycles. The Kier molecular flexibility index (Phi) is 4.61. The first kappa shape index (κ1) is 12.2. The average molecular weight is 215 g/mol. The van der Waals surface area contributed by atoms with Crippen LogP contribution in [0, 0.1) is 0 Å². The summed E-state index contributed by atoms with van der Waals surface area (Å²) in [7, 11) is 0.852. The molecule has 0 unspecified atom stereocenters. The van der Waals surface area contributed by atoms with Crippen molar-refractivity contribution in [3.05, 3.63) is 0 Å². The molecule has 3 heteroatoms. The van der Waals surface area contributed by atoms with Crippen LogP contribution in [0.2, 0.25) is 18.1 Å². The van der Waals surface area contributed by atoms with Gasteiger partial charge in [0.15, 0.2) is 8.32 Å². The molecule has 2 nitrogen and oxygen atoms in total. The van der Waals surface area contributed by atoms with E-state index in [4.69, 9.17) is 4.43 Å². The Bertz CT molecular complexity index is 162. The smallest absolute Gasteiger partial charge is 0.192 e. The van der Waals surface area contributed by atoms with E-state index in [1.54, 1.807) is 0 Å². The molecule has 1 fully saturated rings. The van der Waals surface area contributed by atoms with Crippen molar-refractivity contribution >= 4 is 8.32 Å². The van der Waals surface area contributed by atoms with E-state index in [9.17, 15) is 0 Å². The third kappa shape index (κ3) is 2.81. The van der Waals surface area contributed by atoms with E-state index in [0.717, 1.165) is 6.54 Å². The standard InChI is InChI=1S/C11H25NOSi/c1-5-14(6-2,7-3)13-11-8-9-12(4)10-11/h11H,5-10H2,1-4H3/t11-/m1/s1. The van der Waals surface area contributed by atoms with E-state index in [1.807, 2.05) is 0 Å². The molecule has 0 N–H and O–H groups in total. The molecular weight excluding hydrogens is 190 g/mol. The van der Waals surface area contributed by atoms with Gasteiger partial charge in [0.25, 0.3) is 0 Å². The van der Waals surface area contributed by atoms with Crippen LogP contribution in [0.3, 0.4) is 0 Å². The molecule has 1 atom stereocenters. The van der Waals surface area contributed by atoms with Gasteiger partial charge < -0.3 is 9.33 Å². The predicted molar refractivity (Wildman–Crippen MR) is 64.2 cm³/mol. The number of nitrogens with zero attached hydrogens (tertiary/aromatic N) is 1. The Hall–Kier alpha value is 0.137. The van der Waals surface area contributed by atoms with Gasteiger partial charge in [-0.15, -0.1) is 0 Å². The molecule has 0 aromatic heterocycles. The average Bonchev–Trinajstić information content (AvgIpc) is 2.61. The van der Waals surface area contributed by atoms with Gasteiger partial charge in [-0.05, 0) is 31.6 Å². The summed E-state index contributed by atoms with van der Waals surface area (Å²) in [6.45, 7) is 9.27. The largest absolute Gasteiger partial charge is 0.413 e. The molecule has 84 valence electrons. The highest BCUT2D eigenvalue weighted by molar-refractivity contribution is 6.73. The highest BCUT2D eigenvalue weighted by Crippen LogP contribution is 2.26. The molecule has 0 aromatic rings. The Balaban J connectivity index is 2.47. The summed E-state index contributed by atoms with van der Waals surface area (Å²) in [5.74, 6) is 0. The van der Waals surface area contributed by atoms with Gasteiger partial charge in [-0.3, -0.25) is 0 Å². The first-order valence-electron chi connectivity index (χ1n) is 6.02. The minimum absolute atomic E-state index is 0.534. The van der Waals surface area contributed by atoms with E-state index in [-0.39, 0.29) is 0 Å². The van der Waals surface area contributed by atoms with Gasteiger partial charge in [0.05, 0.1) is 6.10 Å². The van der Waals surface area contributed by atoms with Crippen LogP contribution in [0.15, 0.2) is 0 Å². The normalized spacial score (nSPS) is 24.4. The van der Waals surface area contributed by atoms with Crippen LogP contribution < -0.4 is 0 Å².